The summed E-state index contributed by atoms with van der Waals surface area (Å²) in [7, 11) is 0. The number of hydrogen-bond acceptors (Lipinski definition) is 4. The molecular formula is C11H6FN3O3. The van der Waals surface area contributed by atoms with Gasteiger partial charge in [-0.15, -0.1) is 0 Å². The monoisotopic (exact) mass is 247 g/mol. The Balaban J connectivity index is 2.26. The summed E-state index contributed by atoms with van der Waals surface area (Å²) >= 11 is 0. The molecule has 1 atom stereocenters. The van der Waals surface area contributed by atoms with Crippen molar-refractivity contribution in [1.29, 1.82) is 0 Å². The van der Waals surface area contributed by atoms with Gasteiger partial charge in [-0.2, -0.15) is 9.78 Å². The third-order valence-corrected chi connectivity index (χ3v) is 2.71. The van der Waals surface area contributed by atoms with Crippen LogP contribution in [0.5, 0.6) is 0 Å². The Hall–Kier alpha value is -2.57. The highest BCUT2D eigenvalue weighted by molar-refractivity contribution is 6.04. The molecule has 1 aliphatic carbocycles. The number of carbonyl (C=O) groups is 1. The van der Waals surface area contributed by atoms with Crippen LogP contribution in [0.25, 0.3) is 0 Å². The second kappa shape index (κ2) is 3.46. The molecule has 1 unspecified atom stereocenters. The molecule has 3 rings (SSSR count). The third-order valence-electron chi connectivity index (χ3n) is 2.71. The number of carboxylic acids is 1. The molecule has 6 nitrogen and oxygen atoms in total. The summed E-state index contributed by atoms with van der Waals surface area (Å²) in [6.07, 6.45) is 4.26. The van der Waals surface area contributed by atoms with Crippen LogP contribution in [0.3, 0.4) is 0 Å². The van der Waals surface area contributed by atoms with Gasteiger partial charge in [-0.25, -0.2) is 14.2 Å². The van der Waals surface area contributed by atoms with Crippen LogP contribution in [0, 0.1) is 0 Å². The van der Waals surface area contributed by atoms with Crippen molar-refractivity contribution >= 4 is 11.7 Å². The van der Waals surface area contributed by atoms with Gasteiger partial charge in [0.1, 0.15) is 11.7 Å². The van der Waals surface area contributed by atoms with Crippen molar-refractivity contribution in [2.24, 2.45) is 5.10 Å². The van der Waals surface area contributed by atoms with Gasteiger partial charge in [0.25, 0.3) is 5.56 Å². The van der Waals surface area contributed by atoms with E-state index in [0.29, 0.717) is 5.71 Å². The van der Waals surface area contributed by atoms with E-state index >= 15 is 0 Å². The molecule has 90 valence electrons. The van der Waals surface area contributed by atoms with Crippen molar-refractivity contribution in [3.63, 3.8) is 0 Å². The molecule has 2 aliphatic rings. The lowest BCUT2D eigenvalue weighted by atomic mass is 9.97. The number of nitrogens with zero attached hydrogens (tertiary/aromatic N) is 3. The summed E-state index contributed by atoms with van der Waals surface area (Å²) < 4.78 is 14.6. The van der Waals surface area contributed by atoms with E-state index in [2.05, 4.69) is 10.1 Å². The smallest absolute Gasteiger partial charge is 0.354 e. The number of halogens is 1. The predicted molar refractivity (Wildman–Crippen MR) is 59.4 cm³/mol. The summed E-state index contributed by atoms with van der Waals surface area (Å²) in [5.74, 6) is -2.74. The van der Waals surface area contributed by atoms with Gasteiger partial charge in [0.15, 0.2) is 11.5 Å². The molecule has 1 aromatic rings. The van der Waals surface area contributed by atoms with Gasteiger partial charge in [-0.05, 0) is 12.2 Å². The highest BCUT2D eigenvalue weighted by Crippen LogP contribution is 2.32. The molecule has 1 aliphatic heterocycles. The summed E-state index contributed by atoms with van der Waals surface area (Å²) in [6, 6.07) is 0.860. The topological polar surface area (TPSA) is 84.5 Å². The number of aromatic nitrogens is 2. The maximum Gasteiger partial charge on any atom is 0.354 e. The molecule has 0 radical (unpaired) electrons. The van der Waals surface area contributed by atoms with Gasteiger partial charge in [0, 0.05) is 6.07 Å². The van der Waals surface area contributed by atoms with Crippen molar-refractivity contribution in [2.75, 3.05) is 0 Å². The van der Waals surface area contributed by atoms with E-state index in [9.17, 15) is 14.0 Å². The van der Waals surface area contributed by atoms with E-state index in [-0.39, 0.29) is 5.82 Å². The Morgan fingerprint density at radius 3 is 3.00 bits per heavy atom. The Morgan fingerprint density at radius 2 is 2.28 bits per heavy atom. The van der Waals surface area contributed by atoms with Crippen LogP contribution < -0.4 is 5.56 Å². The Kier molecular flexibility index (Phi) is 2.03. The minimum absolute atomic E-state index is 0.00648. The second-order valence-corrected chi connectivity index (χ2v) is 3.82. The molecule has 0 bridgehead atoms. The summed E-state index contributed by atoms with van der Waals surface area (Å²) in [5.41, 5.74) is -0.715. The highest BCUT2D eigenvalue weighted by atomic mass is 19.1. The van der Waals surface area contributed by atoms with E-state index in [4.69, 9.17) is 5.11 Å². The van der Waals surface area contributed by atoms with Gasteiger partial charge in [-0.1, -0.05) is 6.08 Å². The molecule has 0 fully saturated rings. The van der Waals surface area contributed by atoms with Crippen LogP contribution in [0.2, 0.25) is 0 Å². The van der Waals surface area contributed by atoms with Crippen LogP contribution in [-0.2, 0) is 0 Å². The van der Waals surface area contributed by atoms with Gasteiger partial charge in [0.2, 0.25) is 0 Å². The number of carboxylic acid groups (broad SMARTS) is 1. The van der Waals surface area contributed by atoms with Crippen molar-refractivity contribution in [3.05, 3.63) is 52.0 Å². The van der Waals surface area contributed by atoms with Gasteiger partial charge in [0.05, 0.1) is 5.71 Å². The first kappa shape index (κ1) is 10.6. The van der Waals surface area contributed by atoms with Crippen molar-refractivity contribution < 1.29 is 14.3 Å². The number of allylic oxidation sites excluding steroid dienone is 4. The number of fused-ring (bicyclic) bond motifs is 3. The first-order valence-electron chi connectivity index (χ1n) is 5.08. The first-order valence-corrected chi connectivity index (χ1v) is 5.08. The zero-order valence-electron chi connectivity index (χ0n) is 8.87. The lowest BCUT2D eigenvalue weighted by molar-refractivity contribution is 0.0689. The van der Waals surface area contributed by atoms with Gasteiger partial charge in [-0.3, -0.25) is 4.79 Å². The maximum atomic E-state index is 13.7. The molecule has 7 heteroatoms. The molecule has 0 spiro atoms. The largest absolute Gasteiger partial charge is 0.477 e. The Morgan fingerprint density at radius 1 is 1.50 bits per heavy atom. The predicted octanol–water partition coefficient (Wildman–Crippen LogP) is 0.666. The maximum absolute atomic E-state index is 13.7. The molecule has 0 amide bonds. The normalized spacial score (nSPS) is 19.9. The molecular weight excluding hydrogens is 241 g/mol. The summed E-state index contributed by atoms with van der Waals surface area (Å²) in [5, 5.41) is 12.8. The fourth-order valence-corrected chi connectivity index (χ4v) is 1.93. The minimum atomic E-state index is -1.33. The SMILES string of the molecule is O=C(O)c1cc(=O)n2c(n1)C1C(F)=CC=CC1=N2. The number of rotatable bonds is 1. The van der Waals surface area contributed by atoms with Crippen molar-refractivity contribution in [2.45, 2.75) is 5.92 Å². The molecule has 1 aromatic heterocycles. The number of hydrogen-bond donors (Lipinski definition) is 1. The molecule has 18 heavy (non-hydrogen) atoms. The fraction of sp³-hybridized carbons (Fsp3) is 0.0909. The van der Waals surface area contributed by atoms with Crippen LogP contribution in [0.1, 0.15) is 22.2 Å². The van der Waals surface area contributed by atoms with E-state index in [1.54, 1.807) is 6.08 Å². The third kappa shape index (κ3) is 1.33. The van der Waals surface area contributed by atoms with E-state index in [1.807, 2.05) is 0 Å². The quantitative estimate of drug-likeness (QED) is 0.790. The van der Waals surface area contributed by atoms with E-state index in [1.165, 1.54) is 12.2 Å². The van der Waals surface area contributed by atoms with Crippen molar-refractivity contribution in [1.82, 2.24) is 9.66 Å². The van der Waals surface area contributed by atoms with E-state index in [0.717, 1.165) is 10.7 Å². The summed E-state index contributed by atoms with van der Waals surface area (Å²) in [6.45, 7) is 0. The minimum Gasteiger partial charge on any atom is -0.477 e. The molecule has 0 saturated carbocycles. The lowest BCUT2D eigenvalue weighted by Crippen LogP contribution is -2.22. The average molecular weight is 247 g/mol. The average Bonchev–Trinajstić information content (AvgIpc) is 2.69. The Bertz CT molecular complexity index is 715. The second-order valence-electron chi connectivity index (χ2n) is 3.82. The lowest BCUT2D eigenvalue weighted by Gasteiger charge is -2.11. The van der Waals surface area contributed by atoms with Crippen LogP contribution in [-0.4, -0.2) is 26.4 Å². The zero-order chi connectivity index (χ0) is 12.9. The zero-order valence-corrected chi connectivity index (χ0v) is 8.87. The van der Waals surface area contributed by atoms with Crippen LogP contribution in [0.4, 0.5) is 4.39 Å². The molecule has 2 heterocycles. The van der Waals surface area contributed by atoms with Gasteiger partial charge >= 0.3 is 5.97 Å². The molecule has 0 aromatic carbocycles. The van der Waals surface area contributed by atoms with Gasteiger partial charge < -0.3 is 5.11 Å². The van der Waals surface area contributed by atoms with Crippen LogP contribution in [0.15, 0.2) is 40.0 Å². The number of aromatic carboxylic acids is 1. The van der Waals surface area contributed by atoms with Crippen molar-refractivity contribution in [3.8, 4) is 0 Å². The standard InChI is InChI=1S/C11H6FN3O3/c12-5-2-1-3-6-9(5)10-13-7(11(17)18)4-8(16)15(10)14-6/h1-4,9H,(H,17,18). The first-order chi connectivity index (χ1) is 8.58. The van der Waals surface area contributed by atoms with Crippen LogP contribution >= 0.6 is 0 Å². The fourth-order valence-electron chi connectivity index (χ4n) is 1.93. The highest BCUT2D eigenvalue weighted by Gasteiger charge is 2.34. The molecule has 1 N–H and O–H groups in total. The Labute approximate surface area is 99.4 Å². The summed E-state index contributed by atoms with van der Waals surface area (Å²) in [4.78, 5) is 26.3. The molecule has 0 saturated heterocycles. The van der Waals surface area contributed by atoms with E-state index < -0.39 is 29.0 Å².